The molecule has 0 atom stereocenters. The molecule has 0 saturated carbocycles. The van der Waals surface area contributed by atoms with Crippen LogP contribution in [0, 0.1) is 0 Å². The summed E-state index contributed by atoms with van der Waals surface area (Å²) in [5.41, 5.74) is 0.881. The minimum absolute atomic E-state index is 0.0114. The molecule has 0 saturated heterocycles. The van der Waals surface area contributed by atoms with Gasteiger partial charge in [0.25, 0.3) is 0 Å². The third kappa shape index (κ3) is 5.26. The van der Waals surface area contributed by atoms with Crippen LogP contribution in [-0.2, 0) is 6.54 Å². The van der Waals surface area contributed by atoms with E-state index in [4.69, 9.17) is 23.2 Å². The van der Waals surface area contributed by atoms with E-state index >= 15 is 0 Å². The van der Waals surface area contributed by atoms with Gasteiger partial charge in [-0.3, -0.25) is 0 Å². The number of carbonyl (C=O) groups excluding carboxylic acids is 1. The van der Waals surface area contributed by atoms with Gasteiger partial charge in [0.1, 0.15) is 5.75 Å². The third-order valence-corrected chi connectivity index (χ3v) is 3.54. The van der Waals surface area contributed by atoms with E-state index in [9.17, 15) is 13.6 Å². The molecule has 0 bridgehead atoms. The Bertz CT molecular complexity index is 699. The van der Waals surface area contributed by atoms with Crippen LogP contribution >= 0.6 is 23.2 Å². The predicted octanol–water partition coefficient (Wildman–Crippen LogP) is 4.92. The number of carbonyl (C=O) groups is 1. The van der Waals surface area contributed by atoms with Crippen LogP contribution in [0.1, 0.15) is 5.56 Å². The lowest BCUT2D eigenvalue weighted by atomic mass is 10.2. The highest BCUT2D eigenvalue weighted by Gasteiger charge is 2.10. The van der Waals surface area contributed by atoms with Crippen molar-refractivity contribution in [2.75, 3.05) is 5.32 Å². The van der Waals surface area contributed by atoms with Gasteiger partial charge in [-0.15, -0.1) is 0 Å². The second-order valence-electron chi connectivity index (χ2n) is 4.42. The molecule has 2 aromatic carbocycles. The molecule has 0 radical (unpaired) electrons. The fourth-order valence-corrected chi connectivity index (χ4v) is 2.08. The third-order valence-electron chi connectivity index (χ3n) is 2.81. The molecule has 0 aromatic heterocycles. The van der Waals surface area contributed by atoms with Crippen molar-refractivity contribution < 1.29 is 18.3 Å². The lowest BCUT2D eigenvalue weighted by Gasteiger charge is -2.12. The molecule has 0 unspecified atom stereocenters. The van der Waals surface area contributed by atoms with Crippen LogP contribution in [0.3, 0.4) is 0 Å². The summed E-state index contributed by atoms with van der Waals surface area (Å²) in [6.07, 6.45) is 0. The highest BCUT2D eigenvalue weighted by Crippen LogP contribution is 2.25. The first kappa shape index (κ1) is 17.3. The summed E-state index contributed by atoms with van der Waals surface area (Å²) in [6.45, 7) is -2.91. The van der Waals surface area contributed by atoms with Crippen LogP contribution in [0.5, 0.6) is 5.75 Å². The van der Waals surface area contributed by atoms with Gasteiger partial charge in [0, 0.05) is 17.8 Å². The Balaban J connectivity index is 1.95. The maximum atomic E-state index is 12.3. The van der Waals surface area contributed by atoms with Crippen LogP contribution < -0.4 is 15.4 Å². The van der Waals surface area contributed by atoms with Crippen LogP contribution in [0.4, 0.5) is 19.3 Å². The Morgan fingerprint density at radius 2 is 1.87 bits per heavy atom. The van der Waals surface area contributed by atoms with Crippen LogP contribution in [-0.4, -0.2) is 12.6 Å². The highest BCUT2D eigenvalue weighted by atomic mass is 35.5. The summed E-state index contributed by atoms with van der Waals surface area (Å²) in [5, 5.41) is 5.78. The van der Waals surface area contributed by atoms with Crippen molar-refractivity contribution in [3.8, 4) is 5.75 Å². The number of amides is 2. The number of alkyl halides is 2. The molecule has 0 heterocycles. The number of halogens is 4. The van der Waals surface area contributed by atoms with Crippen molar-refractivity contribution in [2.24, 2.45) is 0 Å². The highest BCUT2D eigenvalue weighted by molar-refractivity contribution is 6.42. The molecule has 8 heteroatoms. The summed E-state index contributed by atoms with van der Waals surface area (Å²) in [7, 11) is 0. The molecule has 0 spiro atoms. The molecular weight excluding hydrogens is 349 g/mol. The Morgan fingerprint density at radius 3 is 2.57 bits per heavy atom. The summed E-state index contributed by atoms with van der Waals surface area (Å²) in [5.74, 6) is 0.0114. The Hall–Kier alpha value is -2.05. The predicted molar refractivity (Wildman–Crippen MR) is 85.4 cm³/mol. The zero-order valence-electron chi connectivity index (χ0n) is 11.7. The molecule has 0 aliphatic rings. The number of anilines is 1. The lowest BCUT2D eigenvalue weighted by Crippen LogP contribution is -2.28. The van der Waals surface area contributed by atoms with Gasteiger partial charge in [0.15, 0.2) is 0 Å². The van der Waals surface area contributed by atoms with Crippen molar-refractivity contribution in [3.05, 3.63) is 58.1 Å². The van der Waals surface area contributed by atoms with Gasteiger partial charge in [-0.05, 0) is 24.3 Å². The largest absolute Gasteiger partial charge is 0.434 e. The van der Waals surface area contributed by atoms with Gasteiger partial charge in [-0.1, -0.05) is 41.4 Å². The number of hydrogen-bond donors (Lipinski definition) is 2. The van der Waals surface area contributed by atoms with Crippen molar-refractivity contribution in [1.29, 1.82) is 0 Å². The number of ether oxygens (including phenoxy) is 1. The van der Waals surface area contributed by atoms with E-state index in [0.29, 0.717) is 21.3 Å². The molecule has 4 nitrogen and oxygen atoms in total. The summed E-state index contributed by atoms with van der Waals surface area (Å²) < 4.78 is 29.0. The topological polar surface area (TPSA) is 50.4 Å². The monoisotopic (exact) mass is 360 g/mol. The molecule has 122 valence electrons. The Labute approximate surface area is 141 Å². The Morgan fingerprint density at radius 1 is 1.13 bits per heavy atom. The standard InChI is InChI=1S/C15H12Cl2F2N2O2/c16-11-6-5-10(7-12(11)17)21-15(22)20-8-9-3-1-2-4-13(9)23-14(18)19/h1-7,14H,8H2,(H2,20,21,22). The first-order chi connectivity index (χ1) is 11.0. The average molecular weight is 361 g/mol. The van der Waals surface area contributed by atoms with E-state index in [2.05, 4.69) is 15.4 Å². The van der Waals surface area contributed by atoms with Crippen molar-refractivity contribution >= 4 is 34.9 Å². The van der Waals surface area contributed by atoms with Gasteiger partial charge in [-0.25, -0.2) is 4.79 Å². The van der Waals surface area contributed by atoms with Crippen molar-refractivity contribution in [1.82, 2.24) is 5.32 Å². The Kier molecular flexibility index (Phi) is 6.01. The second kappa shape index (κ2) is 7.99. The second-order valence-corrected chi connectivity index (χ2v) is 5.24. The quantitative estimate of drug-likeness (QED) is 0.795. The molecule has 0 aliphatic heterocycles. The van der Waals surface area contributed by atoms with E-state index < -0.39 is 12.6 Å². The van der Waals surface area contributed by atoms with Crippen molar-refractivity contribution in [3.63, 3.8) is 0 Å². The smallest absolute Gasteiger partial charge is 0.387 e. The minimum atomic E-state index is -2.93. The molecule has 0 aliphatic carbocycles. The molecule has 2 rings (SSSR count). The molecule has 23 heavy (non-hydrogen) atoms. The SMILES string of the molecule is O=C(NCc1ccccc1OC(F)F)Nc1ccc(Cl)c(Cl)c1. The van der Waals surface area contributed by atoms with E-state index in [1.165, 1.54) is 12.1 Å². The van der Waals surface area contributed by atoms with Gasteiger partial charge < -0.3 is 15.4 Å². The summed E-state index contributed by atoms with van der Waals surface area (Å²) >= 11 is 11.6. The van der Waals surface area contributed by atoms with E-state index in [0.717, 1.165) is 0 Å². The maximum Gasteiger partial charge on any atom is 0.387 e. The number of urea groups is 1. The van der Waals surface area contributed by atoms with Gasteiger partial charge in [0.05, 0.1) is 10.0 Å². The molecular formula is C15H12Cl2F2N2O2. The fraction of sp³-hybridized carbons (Fsp3) is 0.133. The lowest BCUT2D eigenvalue weighted by molar-refractivity contribution is -0.0504. The van der Waals surface area contributed by atoms with Crippen LogP contribution in [0.2, 0.25) is 10.0 Å². The maximum absolute atomic E-state index is 12.3. The normalized spacial score (nSPS) is 10.5. The fourth-order valence-electron chi connectivity index (χ4n) is 1.79. The summed E-state index contributed by atoms with van der Waals surface area (Å²) in [4.78, 5) is 11.8. The number of hydrogen-bond acceptors (Lipinski definition) is 2. The number of rotatable bonds is 5. The van der Waals surface area contributed by atoms with Gasteiger partial charge in [0.2, 0.25) is 0 Å². The van der Waals surface area contributed by atoms with Gasteiger partial charge in [-0.2, -0.15) is 8.78 Å². The first-order valence-corrected chi connectivity index (χ1v) is 7.24. The average Bonchev–Trinajstić information content (AvgIpc) is 2.49. The minimum Gasteiger partial charge on any atom is -0.434 e. The number of nitrogens with one attached hydrogen (secondary N) is 2. The molecule has 2 N–H and O–H groups in total. The summed E-state index contributed by atoms with van der Waals surface area (Å²) in [6, 6.07) is 10.3. The van der Waals surface area contributed by atoms with Crippen molar-refractivity contribution in [2.45, 2.75) is 13.2 Å². The van der Waals surface area contributed by atoms with E-state index in [1.807, 2.05) is 0 Å². The van der Waals surface area contributed by atoms with Crippen LogP contribution in [0.25, 0.3) is 0 Å². The van der Waals surface area contributed by atoms with E-state index in [1.54, 1.807) is 30.3 Å². The zero-order valence-corrected chi connectivity index (χ0v) is 13.2. The number of benzene rings is 2. The number of para-hydroxylation sites is 1. The first-order valence-electron chi connectivity index (χ1n) is 6.48. The molecule has 2 aromatic rings. The molecule has 2 amide bonds. The van der Waals surface area contributed by atoms with E-state index in [-0.39, 0.29) is 12.3 Å². The zero-order chi connectivity index (χ0) is 16.8. The van der Waals surface area contributed by atoms with Gasteiger partial charge >= 0.3 is 12.6 Å². The van der Waals surface area contributed by atoms with Crippen LogP contribution in [0.15, 0.2) is 42.5 Å². The molecule has 0 fully saturated rings.